The van der Waals surface area contributed by atoms with Crippen molar-refractivity contribution in [2.24, 2.45) is 5.73 Å². The van der Waals surface area contributed by atoms with Crippen LogP contribution in [0.1, 0.15) is 6.42 Å². The summed E-state index contributed by atoms with van der Waals surface area (Å²) in [6, 6.07) is 0. The molecule has 9 heteroatoms. The van der Waals surface area contributed by atoms with E-state index >= 15 is 0 Å². The average molecular weight is 248 g/mol. The van der Waals surface area contributed by atoms with E-state index < -0.39 is 5.91 Å². The van der Waals surface area contributed by atoms with Gasteiger partial charge in [-0.25, -0.2) is 4.98 Å². The number of amides is 1. The van der Waals surface area contributed by atoms with Gasteiger partial charge in [0.15, 0.2) is 0 Å². The monoisotopic (exact) mass is 248 g/mol. The fourth-order valence-electron chi connectivity index (χ4n) is 1.25. The zero-order valence-corrected chi connectivity index (χ0v) is 9.45. The number of nitrogens with zero attached hydrogens (tertiary/aromatic N) is 5. The maximum atomic E-state index is 10.6. The molecule has 0 aliphatic carbocycles. The number of nitrogens with one attached hydrogen (secondary N) is 1. The van der Waals surface area contributed by atoms with Gasteiger partial charge in [-0.15, -0.1) is 0 Å². The van der Waals surface area contributed by atoms with Crippen molar-refractivity contribution in [2.75, 3.05) is 17.6 Å². The van der Waals surface area contributed by atoms with Crippen LogP contribution < -0.4 is 16.8 Å². The van der Waals surface area contributed by atoms with E-state index in [0.717, 1.165) is 0 Å². The van der Waals surface area contributed by atoms with E-state index in [0.29, 0.717) is 12.5 Å². The number of anilines is 2. The van der Waals surface area contributed by atoms with Crippen molar-refractivity contribution >= 4 is 17.8 Å². The molecular weight excluding hydrogens is 236 g/mol. The molecule has 0 bridgehead atoms. The van der Waals surface area contributed by atoms with Gasteiger partial charge in [-0.05, 0) is 0 Å². The third-order valence-electron chi connectivity index (χ3n) is 2.03. The lowest BCUT2D eigenvalue weighted by Gasteiger charge is -2.06. The van der Waals surface area contributed by atoms with Crippen LogP contribution in [0, 0.1) is 0 Å². The van der Waals surface area contributed by atoms with Gasteiger partial charge in [0.1, 0.15) is 6.33 Å². The topological polar surface area (TPSA) is 138 Å². The number of hydrogen-bond donors (Lipinski definition) is 3. The van der Waals surface area contributed by atoms with Crippen LogP contribution in [-0.4, -0.2) is 37.0 Å². The van der Waals surface area contributed by atoms with E-state index in [-0.39, 0.29) is 18.3 Å². The first-order chi connectivity index (χ1) is 8.65. The number of nitrogen functional groups attached to an aromatic ring is 1. The van der Waals surface area contributed by atoms with Crippen LogP contribution >= 0.6 is 0 Å². The zero-order chi connectivity index (χ0) is 13.0. The Balaban J connectivity index is 2.14. The van der Waals surface area contributed by atoms with Crippen LogP contribution in [0.5, 0.6) is 0 Å². The number of carbonyl (C=O) groups is 1. The number of primary amides is 1. The molecule has 9 nitrogen and oxygen atoms in total. The second-order valence-corrected chi connectivity index (χ2v) is 3.43. The Morgan fingerprint density at radius 2 is 2.22 bits per heavy atom. The molecule has 1 amide bonds. The molecule has 0 saturated heterocycles. The number of aromatic nitrogens is 5. The van der Waals surface area contributed by atoms with Crippen molar-refractivity contribution in [3.8, 4) is 5.95 Å². The van der Waals surface area contributed by atoms with Crippen molar-refractivity contribution in [1.82, 2.24) is 24.5 Å². The molecular formula is C9H12N8O. The molecule has 0 saturated carbocycles. The molecule has 2 heterocycles. The molecule has 0 atom stereocenters. The molecule has 2 aromatic rings. The van der Waals surface area contributed by atoms with Gasteiger partial charge in [-0.2, -0.15) is 15.0 Å². The Labute approximate surface area is 102 Å². The molecule has 94 valence electrons. The van der Waals surface area contributed by atoms with Crippen LogP contribution in [0.25, 0.3) is 5.95 Å². The maximum Gasteiger partial charge on any atom is 0.241 e. The van der Waals surface area contributed by atoms with E-state index in [2.05, 4.69) is 25.3 Å². The Bertz CT molecular complexity index is 538. The molecule has 0 unspecified atom stereocenters. The molecule has 0 fully saturated rings. The third kappa shape index (κ3) is 2.90. The number of rotatable bonds is 5. The zero-order valence-electron chi connectivity index (χ0n) is 9.45. The summed E-state index contributed by atoms with van der Waals surface area (Å²) >= 11 is 0. The standard InChI is InChI=1S/C9H12N8O/c10-6(18)1-2-13-8-14-7(11)15-9(16-8)17-4-3-12-5-17/h3-5H,1-2H2,(H2,10,18)(H3,11,13,14,15,16). The summed E-state index contributed by atoms with van der Waals surface area (Å²) in [4.78, 5) is 26.5. The summed E-state index contributed by atoms with van der Waals surface area (Å²) in [6.45, 7) is 0.335. The Morgan fingerprint density at radius 1 is 1.39 bits per heavy atom. The highest BCUT2D eigenvalue weighted by Crippen LogP contribution is 2.06. The Morgan fingerprint density at radius 3 is 2.89 bits per heavy atom. The summed E-state index contributed by atoms with van der Waals surface area (Å²) in [5.41, 5.74) is 10.6. The van der Waals surface area contributed by atoms with Crippen LogP contribution in [0.15, 0.2) is 18.7 Å². The van der Waals surface area contributed by atoms with E-state index in [1.807, 2.05) is 0 Å². The average Bonchev–Trinajstić information content (AvgIpc) is 2.81. The van der Waals surface area contributed by atoms with E-state index in [1.165, 1.54) is 0 Å². The summed E-state index contributed by atoms with van der Waals surface area (Å²) in [7, 11) is 0. The summed E-state index contributed by atoms with van der Waals surface area (Å²) in [5, 5.41) is 2.84. The van der Waals surface area contributed by atoms with Crippen molar-refractivity contribution in [3.63, 3.8) is 0 Å². The molecule has 0 aliphatic rings. The summed E-state index contributed by atoms with van der Waals surface area (Å²) in [6.07, 6.45) is 5.01. The van der Waals surface area contributed by atoms with Crippen LogP contribution in [0.3, 0.4) is 0 Å². The molecule has 0 aliphatic heterocycles. The first kappa shape index (κ1) is 11.8. The first-order valence-corrected chi connectivity index (χ1v) is 5.17. The van der Waals surface area contributed by atoms with Crippen LogP contribution in [-0.2, 0) is 4.79 Å². The highest BCUT2D eigenvalue weighted by Gasteiger charge is 2.05. The summed E-state index contributed by atoms with van der Waals surface area (Å²) in [5.74, 6) is 0.309. The number of carbonyl (C=O) groups excluding carboxylic acids is 1. The van der Waals surface area contributed by atoms with Gasteiger partial charge in [-0.3, -0.25) is 9.36 Å². The minimum absolute atomic E-state index is 0.0790. The van der Waals surface area contributed by atoms with E-state index in [4.69, 9.17) is 11.5 Å². The normalized spacial score (nSPS) is 10.2. The minimum Gasteiger partial charge on any atom is -0.370 e. The molecule has 2 aromatic heterocycles. The molecule has 0 aromatic carbocycles. The second-order valence-electron chi connectivity index (χ2n) is 3.43. The van der Waals surface area contributed by atoms with Gasteiger partial charge < -0.3 is 16.8 Å². The van der Waals surface area contributed by atoms with Crippen molar-refractivity contribution in [3.05, 3.63) is 18.7 Å². The van der Waals surface area contributed by atoms with Crippen molar-refractivity contribution in [2.45, 2.75) is 6.42 Å². The van der Waals surface area contributed by atoms with Gasteiger partial charge in [0, 0.05) is 25.4 Å². The summed E-state index contributed by atoms with van der Waals surface area (Å²) < 4.78 is 1.59. The fraction of sp³-hybridized carbons (Fsp3) is 0.222. The molecule has 0 radical (unpaired) electrons. The van der Waals surface area contributed by atoms with Gasteiger partial charge >= 0.3 is 0 Å². The lowest BCUT2D eigenvalue weighted by atomic mass is 10.4. The van der Waals surface area contributed by atoms with Gasteiger partial charge in [0.2, 0.25) is 23.8 Å². The molecule has 18 heavy (non-hydrogen) atoms. The smallest absolute Gasteiger partial charge is 0.241 e. The van der Waals surface area contributed by atoms with Crippen molar-refractivity contribution in [1.29, 1.82) is 0 Å². The molecule has 5 N–H and O–H groups in total. The Kier molecular flexibility index (Phi) is 3.32. The number of imidazole rings is 1. The first-order valence-electron chi connectivity index (χ1n) is 5.17. The van der Waals surface area contributed by atoms with Gasteiger partial charge in [0.25, 0.3) is 0 Å². The van der Waals surface area contributed by atoms with Gasteiger partial charge in [-0.1, -0.05) is 0 Å². The number of nitrogens with two attached hydrogens (primary N) is 2. The highest BCUT2D eigenvalue weighted by molar-refractivity contribution is 5.74. The maximum absolute atomic E-state index is 10.6. The predicted octanol–water partition coefficient (Wildman–Crippen LogP) is -1.07. The quantitative estimate of drug-likeness (QED) is 0.612. The van der Waals surface area contributed by atoms with Crippen LogP contribution in [0.2, 0.25) is 0 Å². The second kappa shape index (κ2) is 5.08. The number of hydrogen-bond acceptors (Lipinski definition) is 7. The molecule has 2 rings (SSSR count). The Hall–Kier alpha value is -2.71. The van der Waals surface area contributed by atoms with Crippen LogP contribution in [0.4, 0.5) is 11.9 Å². The molecule has 0 spiro atoms. The lowest BCUT2D eigenvalue weighted by molar-refractivity contribution is -0.117. The van der Waals surface area contributed by atoms with Gasteiger partial charge in [0.05, 0.1) is 0 Å². The SMILES string of the molecule is NC(=O)CCNc1nc(N)nc(-n2ccnc2)n1. The third-order valence-corrected chi connectivity index (χ3v) is 2.03. The fourth-order valence-corrected chi connectivity index (χ4v) is 1.25. The largest absolute Gasteiger partial charge is 0.370 e. The van der Waals surface area contributed by atoms with E-state index in [1.54, 1.807) is 23.3 Å². The predicted molar refractivity (Wildman–Crippen MR) is 63.7 cm³/mol. The van der Waals surface area contributed by atoms with Crippen molar-refractivity contribution < 1.29 is 4.79 Å². The van der Waals surface area contributed by atoms with E-state index in [9.17, 15) is 4.79 Å². The minimum atomic E-state index is -0.403. The lowest BCUT2D eigenvalue weighted by Crippen LogP contribution is -2.17. The highest BCUT2D eigenvalue weighted by atomic mass is 16.1.